The predicted octanol–water partition coefficient (Wildman–Crippen LogP) is 0.184. The average Bonchev–Trinajstić information content (AvgIpc) is 2.28. The van der Waals surface area contributed by atoms with Crippen LogP contribution in [0.5, 0.6) is 0 Å². The van der Waals surface area contributed by atoms with E-state index in [2.05, 4.69) is 4.42 Å². The van der Waals surface area contributed by atoms with E-state index < -0.39 is 11.3 Å². The molecule has 0 radical (unpaired) electrons. The molecule has 0 fully saturated rings. The Morgan fingerprint density at radius 3 is 1.90 bits per heavy atom. The lowest BCUT2D eigenvalue weighted by molar-refractivity contribution is 0.444. The summed E-state index contributed by atoms with van der Waals surface area (Å²) in [5.41, 5.74) is -1.28. The molecule has 0 unspecified atom stereocenters. The molecule has 0 aromatic carbocycles. The van der Waals surface area contributed by atoms with E-state index in [9.17, 15) is 9.59 Å². The van der Waals surface area contributed by atoms with Gasteiger partial charge in [0.15, 0.2) is 0 Å². The molecule has 0 saturated carbocycles. The van der Waals surface area contributed by atoms with Crippen LogP contribution >= 0.6 is 0 Å². The second-order valence-electron chi connectivity index (χ2n) is 1.84. The first kappa shape index (κ1) is 5.22. The van der Waals surface area contributed by atoms with Gasteiger partial charge in [0.1, 0.15) is 0 Å². The van der Waals surface area contributed by atoms with E-state index in [-0.39, 0.29) is 11.2 Å². The smallest absolute Gasteiger partial charge is 0.382 e. The number of furan rings is 1. The van der Waals surface area contributed by atoms with Crippen LogP contribution in [-0.4, -0.2) is 0 Å². The Kier molecular flexibility index (Phi) is 0.768. The van der Waals surface area contributed by atoms with Crippen molar-refractivity contribution in [3.8, 4) is 0 Å². The zero-order chi connectivity index (χ0) is 7.14. The van der Waals surface area contributed by atoms with Gasteiger partial charge in [-0.05, 0) is 12.1 Å². The van der Waals surface area contributed by atoms with Crippen LogP contribution in [0.25, 0.3) is 11.2 Å². The normalized spacial score (nSPS) is 10.8. The zero-order valence-electron chi connectivity index (χ0n) is 4.79. The molecule has 4 heteroatoms. The van der Waals surface area contributed by atoms with Crippen LogP contribution in [0.2, 0.25) is 0 Å². The Morgan fingerprint density at radius 1 is 0.900 bits per heavy atom. The van der Waals surface area contributed by atoms with E-state index in [0.717, 1.165) is 0 Å². The van der Waals surface area contributed by atoms with Crippen molar-refractivity contribution in [1.82, 2.24) is 0 Å². The van der Waals surface area contributed by atoms with Gasteiger partial charge in [0.2, 0.25) is 11.2 Å². The number of hydrogen-bond acceptors (Lipinski definition) is 4. The minimum atomic E-state index is -0.720. The van der Waals surface area contributed by atoms with Gasteiger partial charge in [-0.3, -0.25) is 0 Å². The molecule has 4 nitrogen and oxygen atoms in total. The average molecular weight is 138 g/mol. The first-order valence-corrected chi connectivity index (χ1v) is 2.64. The number of rotatable bonds is 0. The van der Waals surface area contributed by atoms with Crippen LogP contribution < -0.4 is 11.3 Å². The molecule has 0 aliphatic heterocycles. The molecule has 0 saturated heterocycles. The summed E-state index contributed by atoms with van der Waals surface area (Å²) in [6.07, 6.45) is 0. The van der Waals surface area contributed by atoms with Gasteiger partial charge in [0.25, 0.3) is 0 Å². The molecule has 0 aliphatic carbocycles. The molecular formula is C6H2O4. The second-order valence-corrected chi connectivity index (χ2v) is 1.84. The number of fused-ring (bicyclic) bond motifs is 2. The van der Waals surface area contributed by atoms with Crippen LogP contribution in [0.1, 0.15) is 0 Å². The Morgan fingerprint density at radius 2 is 1.40 bits per heavy atom. The van der Waals surface area contributed by atoms with E-state index in [1.54, 1.807) is 0 Å². The first-order valence-electron chi connectivity index (χ1n) is 2.64. The van der Waals surface area contributed by atoms with Gasteiger partial charge in [-0.15, -0.1) is 0 Å². The molecule has 0 spiro atoms. The highest BCUT2D eigenvalue weighted by Crippen LogP contribution is 2.02. The van der Waals surface area contributed by atoms with Crippen LogP contribution in [0, 0.1) is 0 Å². The van der Waals surface area contributed by atoms with Crippen molar-refractivity contribution in [1.29, 1.82) is 0 Å². The molecule has 10 heavy (non-hydrogen) atoms. The van der Waals surface area contributed by atoms with Gasteiger partial charge in [-0.2, -0.15) is 0 Å². The molecule has 0 amide bonds. The molecule has 2 heterocycles. The van der Waals surface area contributed by atoms with Gasteiger partial charge >= 0.3 is 11.3 Å². The Labute approximate surface area is 54.0 Å². The largest absolute Gasteiger partial charge is 0.442 e. The lowest BCUT2D eigenvalue weighted by Crippen LogP contribution is -2.07. The second kappa shape index (κ2) is 1.47. The molecule has 2 rings (SSSR count). The fraction of sp³-hybridized carbons (Fsp3) is 0. The van der Waals surface area contributed by atoms with Crippen molar-refractivity contribution in [2.24, 2.45) is 0 Å². The molecule has 2 bridgehead atoms. The number of hydrogen-bond donors (Lipinski definition) is 0. The van der Waals surface area contributed by atoms with Gasteiger partial charge < -0.3 is 8.83 Å². The summed E-state index contributed by atoms with van der Waals surface area (Å²) in [7, 11) is 0. The minimum absolute atomic E-state index is 0.0783. The van der Waals surface area contributed by atoms with Gasteiger partial charge in [0.05, 0.1) is 0 Å². The lowest BCUT2D eigenvalue weighted by Gasteiger charge is -1.78. The summed E-state index contributed by atoms with van der Waals surface area (Å²) < 4.78 is 8.95. The third kappa shape index (κ3) is 0.500. The van der Waals surface area contributed by atoms with E-state index in [1.807, 2.05) is 0 Å². The van der Waals surface area contributed by atoms with Crippen LogP contribution in [-0.2, 0) is 0 Å². The highest BCUT2D eigenvalue weighted by Gasteiger charge is 2.05. The maximum absolute atomic E-state index is 10.6. The highest BCUT2D eigenvalue weighted by atomic mass is 16.5. The maximum atomic E-state index is 10.6. The van der Waals surface area contributed by atoms with Crippen LogP contribution in [0.4, 0.5) is 0 Å². The monoisotopic (exact) mass is 138 g/mol. The SMILES string of the molecule is O=c1oc(=O)c2ccc1o2. The molecule has 50 valence electrons. The molecular weight excluding hydrogens is 136 g/mol. The lowest BCUT2D eigenvalue weighted by atomic mass is 10.5. The van der Waals surface area contributed by atoms with Gasteiger partial charge in [-0.1, -0.05) is 0 Å². The van der Waals surface area contributed by atoms with E-state index >= 15 is 0 Å². The molecule has 0 atom stereocenters. The fourth-order valence-electron chi connectivity index (χ4n) is 0.742. The van der Waals surface area contributed by atoms with Crippen LogP contribution in [0.3, 0.4) is 0 Å². The fourth-order valence-corrected chi connectivity index (χ4v) is 0.742. The summed E-state index contributed by atoms with van der Waals surface area (Å²) >= 11 is 0. The summed E-state index contributed by atoms with van der Waals surface area (Å²) in [5.74, 6) is 0. The summed E-state index contributed by atoms with van der Waals surface area (Å²) in [6, 6.07) is 2.81. The van der Waals surface area contributed by atoms with E-state index in [0.29, 0.717) is 0 Å². The van der Waals surface area contributed by atoms with Crippen molar-refractivity contribution in [2.45, 2.75) is 0 Å². The third-order valence-corrected chi connectivity index (χ3v) is 1.19. The first-order chi connectivity index (χ1) is 4.77. The minimum Gasteiger partial charge on any atom is -0.442 e. The Balaban J connectivity index is 3.24. The van der Waals surface area contributed by atoms with Crippen molar-refractivity contribution >= 4 is 11.2 Å². The third-order valence-electron chi connectivity index (χ3n) is 1.19. The van der Waals surface area contributed by atoms with Gasteiger partial charge in [0, 0.05) is 0 Å². The van der Waals surface area contributed by atoms with E-state index in [4.69, 9.17) is 4.42 Å². The van der Waals surface area contributed by atoms with Crippen molar-refractivity contribution in [3.63, 3.8) is 0 Å². The van der Waals surface area contributed by atoms with Crippen molar-refractivity contribution in [3.05, 3.63) is 33.0 Å². The molecule has 0 N–H and O–H groups in total. The van der Waals surface area contributed by atoms with E-state index in [1.165, 1.54) is 12.1 Å². The summed E-state index contributed by atoms with van der Waals surface area (Å²) in [5, 5.41) is 0. The zero-order valence-corrected chi connectivity index (χ0v) is 4.79. The molecule has 0 aliphatic rings. The van der Waals surface area contributed by atoms with Crippen molar-refractivity contribution < 1.29 is 8.83 Å². The maximum Gasteiger partial charge on any atom is 0.382 e. The highest BCUT2D eigenvalue weighted by molar-refractivity contribution is 5.51. The Hall–Kier alpha value is -1.58. The summed E-state index contributed by atoms with van der Waals surface area (Å²) in [6.45, 7) is 0. The Bertz CT molecular complexity index is 410. The standard InChI is InChI=1S/C6H2O4/c7-5-3-1-2-4(9-3)6(8)10-5/h1-2H. The molecule has 2 aromatic heterocycles. The van der Waals surface area contributed by atoms with Crippen LogP contribution in [0.15, 0.2) is 30.6 Å². The summed E-state index contributed by atoms with van der Waals surface area (Å²) in [4.78, 5) is 21.2. The van der Waals surface area contributed by atoms with Gasteiger partial charge in [-0.25, -0.2) is 9.59 Å². The quantitative estimate of drug-likeness (QED) is 0.521. The van der Waals surface area contributed by atoms with Crippen molar-refractivity contribution in [2.75, 3.05) is 0 Å². The topological polar surface area (TPSA) is 60.4 Å². The molecule has 2 aromatic rings. The predicted molar refractivity (Wildman–Crippen MR) is 32.2 cm³/mol.